The maximum atomic E-state index is 12.6. The van der Waals surface area contributed by atoms with E-state index in [4.69, 9.17) is 4.74 Å². The Balaban J connectivity index is 1.78. The monoisotopic (exact) mass is 373 g/mol. The summed E-state index contributed by atoms with van der Waals surface area (Å²) in [5, 5.41) is 2.87. The maximum Gasteiger partial charge on any atom is 0.338 e. The van der Waals surface area contributed by atoms with E-state index < -0.39 is 12.1 Å². The van der Waals surface area contributed by atoms with E-state index in [0.717, 1.165) is 16.7 Å². The van der Waals surface area contributed by atoms with Crippen LogP contribution in [0.1, 0.15) is 43.5 Å². The Kier molecular flexibility index (Phi) is 6.22. The molecule has 0 heterocycles. The van der Waals surface area contributed by atoms with Gasteiger partial charge in [-0.05, 0) is 54.8 Å². The zero-order valence-corrected chi connectivity index (χ0v) is 16.0. The first-order valence-electron chi connectivity index (χ1n) is 9.21. The summed E-state index contributed by atoms with van der Waals surface area (Å²) in [5.74, 6) is -0.622. The van der Waals surface area contributed by atoms with E-state index in [0.29, 0.717) is 11.1 Å². The molecule has 0 aliphatic carbocycles. The molecule has 0 bridgehead atoms. The van der Waals surface area contributed by atoms with Crippen molar-refractivity contribution in [2.45, 2.75) is 20.0 Å². The number of benzene rings is 3. The minimum Gasteiger partial charge on any atom is -0.452 e. The van der Waals surface area contributed by atoms with Gasteiger partial charge in [-0.15, -0.1) is 0 Å². The molecular formula is C24H23NO3. The fraction of sp³-hybridized carbons (Fsp3) is 0.167. The molecule has 0 saturated carbocycles. The van der Waals surface area contributed by atoms with Crippen molar-refractivity contribution in [1.82, 2.24) is 5.32 Å². The van der Waals surface area contributed by atoms with Crippen LogP contribution < -0.4 is 5.32 Å². The van der Waals surface area contributed by atoms with E-state index in [1.807, 2.05) is 56.3 Å². The summed E-state index contributed by atoms with van der Waals surface area (Å²) in [7, 11) is 0. The summed E-state index contributed by atoms with van der Waals surface area (Å²) in [6.07, 6.45) is -0.584. The largest absolute Gasteiger partial charge is 0.452 e. The molecule has 0 aliphatic rings. The maximum absolute atomic E-state index is 12.6. The molecule has 0 aromatic heterocycles. The second-order valence-corrected chi connectivity index (χ2v) is 6.68. The minimum absolute atomic E-state index is 0.189. The van der Waals surface area contributed by atoms with Gasteiger partial charge < -0.3 is 10.1 Å². The van der Waals surface area contributed by atoms with Gasteiger partial charge in [0.1, 0.15) is 6.10 Å². The van der Waals surface area contributed by atoms with E-state index in [1.54, 1.807) is 36.4 Å². The molecule has 1 N–H and O–H groups in total. The lowest BCUT2D eigenvalue weighted by Crippen LogP contribution is -2.30. The number of nitrogens with one attached hydrogen (secondary N) is 1. The molecule has 1 amide bonds. The number of ether oxygens (including phenoxy) is 1. The van der Waals surface area contributed by atoms with Gasteiger partial charge in [0, 0.05) is 5.56 Å². The highest BCUT2D eigenvalue weighted by Crippen LogP contribution is 2.22. The van der Waals surface area contributed by atoms with Crippen LogP contribution in [0.15, 0.2) is 78.9 Å². The van der Waals surface area contributed by atoms with E-state index in [2.05, 4.69) is 5.32 Å². The van der Waals surface area contributed by atoms with E-state index in [-0.39, 0.29) is 12.5 Å². The number of rotatable bonds is 6. The summed E-state index contributed by atoms with van der Waals surface area (Å²) in [5.41, 5.74) is 4.15. The summed E-state index contributed by atoms with van der Waals surface area (Å²) < 4.78 is 5.75. The smallest absolute Gasteiger partial charge is 0.338 e. The highest BCUT2D eigenvalue weighted by atomic mass is 16.5. The molecular weight excluding hydrogens is 350 g/mol. The Labute approximate surface area is 165 Å². The first kappa shape index (κ1) is 19.4. The first-order valence-corrected chi connectivity index (χ1v) is 9.21. The zero-order chi connectivity index (χ0) is 19.9. The third-order valence-corrected chi connectivity index (χ3v) is 4.65. The summed E-state index contributed by atoms with van der Waals surface area (Å²) >= 11 is 0. The van der Waals surface area contributed by atoms with Crippen LogP contribution in [0.5, 0.6) is 0 Å². The fourth-order valence-corrected chi connectivity index (χ4v) is 2.84. The number of hydrogen-bond acceptors (Lipinski definition) is 3. The van der Waals surface area contributed by atoms with Gasteiger partial charge in [0.2, 0.25) is 0 Å². The fourth-order valence-electron chi connectivity index (χ4n) is 2.84. The van der Waals surface area contributed by atoms with Crippen molar-refractivity contribution in [3.8, 4) is 0 Å². The normalized spacial score (nSPS) is 11.5. The van der Waals surface area contributed by atoms with Crippen molar-refractivity contribution in [1.29, 1.82) is 0 Å². The van der Waals surface area contributed by atoms with Gasteiger partial charge in [0.15, 0.2) is 0 Å². The van der Waals surface area contributed by atoms with Gasteiger partial charge in [0.25, 0.3) is 5.91 Å². The van der Waals surface area contributed by atoms with Crippen molar-refractivity contribution in [3.05, 3.63) is 107 Å². The van der Waals surface area contributed by atoms with E-state index in [9.17, 15) is 9.59 Å². The molecule has 1 atom stereocenters. The average molecular weight is 373 g/mol. The number of amides is 1. The number of carbonyl (C=O) groups is 2. The van der Waals surface area contributed by atoms with Gasteiger partial charge in [-0.25, -0.2) is 4.79 Å². The van der Waals surface area contributed by atoms with Gasteiger partial charge in [-0.1, -0.05) is 54.6 Å². The summed E-state index contributed by atoms with van der Waals surface area (Å²) in [6, 6.07) is 23.7. The summed E-state index contributed by atoms with van der Waals surface area (Å²) in [6.45, 7) is 4.23. The molecule has 0 unspecified atom stereocenters. The Hall–Kier alpha value is -3.40. The van der Waals surface area contributed by atoms with Gasteiger partial charge >= 0.3 is 5.97 Å². The van der Waals surface area contributed by atoms with Gasteiger partial charge in [0.05, 0.1) is 12.1 Å². The predicted molar refractivity (Wildman–Crippen MR) is 109 cm³/mol. The van der Waals surface area contributed by atoms with Crippen molar-refractivity contribution in [2.75, 3.05) is 6.54 Å². The third-order valence-electron chi connectivity index (χ3n) is 4.65. The molecule has 4 heteroatoms. The van der Waals surface area contributed by atoms with Gasteiger partial charge in [-0.3, -0.25) is 4.79 Å². The highest BCUT2D eigenvalue weighted by molar-refractivity contribution is 5.94. The average Bonchev–Trinajstić information content (AvgIpc) is 2.74. The van der Waals surface area contributed by atoms with Crippen molar-refractivity contribution >= 4 is 11.9 Å². The first-order chi connectivity index (χ1) is 13.5. The highest BCUT2D eigenvalue weighted by Gasteiger charge is 2.20. The number of aryl methyl sites for hydroxylation is 2. The molecule has 142 valence electrons. The quantitative estimate of drug-likeness (QED) is 0.641. The molecule has 4 nitrogen and oxygen atoms in total. The Bertz CT molecular complexity index is 952. The molecule has 3 aromatic rings. The van der Waals surface area contributed by atoms with Crippen LogP contribution in [0.2, 0.25) is 0 Å². The molecule has 0 radical (unpaired) electrons. The number of esters is 1. The molecule has 3 aromatic carbocycles. The van der Waals surface area contributed by atoms with E-state index >= 15 is 0 Å². The third kappa shape index (κ3) is 4.86. The van der Waals surface area contributed by atoms with Crippen LogP contribution in [0.3, 0.4) is 0 Å². The second-order valence-electron chi connectivity index (χ2n) is 6.68. The van der Waals surface area contributed by atoms with Crippen LogP contribution in [-0.4, -0.2) is 18.4 Å². The summed E-state index contributed by atoms with van der Waals surface area (Å²) in [4.78, 5) is 25.0. The molecule has 3 rings (SSSR count). The van der Waals surface area contributed by atoms with E-state index in [1.165, 1.54) is 0 Å². The van der Waals surface area contributed by atoms with Crippen molar-refractivity contribution in [3.63, 3.8) is 0 Å². The Morgan fingerprint density at radius 3 is 2.04 bits per heavy atom. The lowest BCUT2D eigenvalue weighted by molar-refractivity contribution is 0.0293. The Morgan fingerprint density at radius 1 is 0.821 bits per heavy atom. The minimum atomic E-state index is -0.584. The van der Waals surface area contributed by atoms with Crippen LogP contribution in [0.4, 0.5) is 0 Å². The van der Waals surface area contributed by atoms with Crippen LogP contribution in [-0.2, 0) is 4.74 Å². The molecule has 0 spiro atoms. The second kappa shape index (κ2) is 9.00. The van der Waals surface area contributed by atoms with Crippen LogP contribution in [0, 0.1) is 13.8 Å². The molecule has 28 heavy (non-hydrogen) atoms. The van der Waals surface area contributed by atoms with Crippen molar-refractivity contribution in [2.24, 2.45) is 0 Å². The standard InChI is InChI=1S/C24H23NO3/c1-17-13-14-21(15-18(17)2)22(28-24(27)20-11-7-4-8-12-20)16-25-23(26)19-9-5-3-6-10-19/h3-15,22H,16H2,1-2H3,(H,25,26)/t22-/m1/s1. The molecule has 0 saturated heterocycles. The van der Waals surface area contributed by atoms with Crippen molar-refractivity contribution < 1.29 is 14.3 Å². The van der Waals surface area contributed by atoms with Crippen LogP contribution >= 0.6 is 0 Å². The number of hydrogen-bond donors (Lipinski definition) is 1. The lowest BCUT2D eigenvalue weighted by atomic mass is 10.0. The number of carbonyl (C=O) groups excluding carboxylic acids is 2. The molecule has 0 aliphatic heterocycles. The predicted octanol–water partition coefficient (Wildman–Crippen LogP) is 4.63. The topological polar surface area (TPSA) is 55.4 Å². The van der Waals surface area contributed by atoms with Gasteiger partial charge in [-0.2, -0.15) is 0 Å². The molecule has 0 fully saturated rings. The Morgan fingerprint density at radius 2 is 1.43 bits per heavy atom. The SMILES string of the molecule is Cc1ccc([C@@H](CNC(=O)c2ccccc2)OC(=O)c2ccccc2)cc1C. The zero-order valence-electron chi connectivity index (χ0n) is 16.0. The van der Waals surface area contributed by atoms with Crippen LogP contribution in [0.25, 0.3) is 0 Å². The lowest BCUT2D eigenvalue weighted by Gasteiger charge is -2.20.